The molecule has 1 aromatic carbocycles. The Balaban J connectivity index is 1.55. The maximum Gasteiger partial charge on any atom is 0.268 e. The van der Waals surface area contributed by atoms with Crippen molar-refractivity contribution in [3.8, 4) is 0 Å². The van der Waals surface area contributed by atoms with Gasteiger partial charge in [-0.1, -0.05) is 11.6 Å². The number of likely N-dealkylation sites (N-methyl/N-ethyl adjacent to an activating group) is 1. The zero-order valence-corrected chi connectivity index (χ0v) is 20.7. The summed E-state index contributed by atoms with van der Waals surface area (Å²) in [5.41, 5.74) is 2.23. The summed E-state index contributed by atoms with van der Waals surface area (Å²) in [6.45, 7) is 2.91. The predicted octanol–water partition coefficient (Wildman–Crippen LogP) is 0.363. The Labute approximate surface area is 203 Å². The number of carbonyl (C=O) groups excluding carboxylic acids is 2. The lowest BCUT2D eigenvalue weighted by atomic mass is 10.0. The molecule has 2 amide bonds. The van der Waals surface area contributed by atoms with Gasteiger partial charge in [-0.25, -0.2) is 8.42 Å². The van der Waals surface area contributed by atoms with Gasteiger partial charge in [0.05, 0.1) is 24.4 Å². The summed E-state index contributed by atoms with van der Waals surface area (Å²) in [5, 5.41) is 13.9. The minimum absolute atomic E-state index is 0.0165. The average Bonchev–Trinajstić information content (AvgIpc) is 3.44. The molecule has 2 atom stereocenters. The molecule has 11 nitrogen and oxygen atoms in total. The van der Waals surface area contributed by atoms with E-state index >= 15 is 0 Å². The standard InChI is InChI=1S/C23H29N7O4S/c1-15-4-5-19-16(10-15)11-20(27-19)23(32)28-21-14-30(35(33,34)17-6-7-25-26-12-17)13-18(21)22(31)24-8-9-29(2)3/h4-7,10-12,18,21,27H,8-9,13-14H2,1-3H3,(H,24,31)(H,28,32)/t18-,21-/m0/s1. The second kappa shape index (κ2) is 10.1. The second-order valence-electron chi connectivity index (χ2n) is 8.95. The number of aryl methyl sites for hydroxylation is 1. The fourth-order valence-electron chi connectivity index (χ4n) is 4.11. The van der Waals surface area contributed by atoms with Crippen molar-refractivity contribution in [1.29, 1.82) is 0 Å². The fourth-order valence-corrected chi connectivity index (χ4v) is 5.54. The van der Waals surface area contributed by atoms with E-state index in [1.54, 1.807) is 6.07 Å². The number of aromatic amines is 1. The van der Waals surface area contributed by atoms with Gasteiger partial charge in [0.2, 0.25) is 15.9 Å². The zero-order valence-electron chi connectivity index (χ0n) is 19.9. The van der Waals surface area contributed by atoms with Crippen LogP contribution in [0.2, 0.25) is 0 Å². The van der Waals surface area contributed by atoms with E-state index in [9.17, 15) is 18.0 Å². The van der Waals surface area contributed by atoms with E-state index in [0.29, 0.717) is 18.8 Å². The van der Waals surface area contributed by atoms with Gasteiger partial charge in [0.15, 0.2) is 0 Å². The van der Waals surface area contributed by atoms with Crippen molar-refractivity contribution in [3.63, 3.8) is 0 Å². The molecule has 0 saturated carbocycles. The molecule has 3 heterocycles. The topological polar surface area (TPSA) is 140 Å². The number of fused-ring (bicyclic) bond motifs is 1. The van der Waals surface area contributed by atoms with E-state index in [1.165, 1.54) is 22.8 Å². The third-order valence-electron chi connectivity index (χ3n) is 6.01. The van der Waals surface area contributed by atoms with Gasteiger partial charge < -0.3 is 20.5 Å². The fraction of sp³-hybridized carbons (Fsp3) is 0.391. The van der Waals surface area contributed by atoms with Crippen LogP contribution in [-0.4, -0.2) is 90.9 Å². The second-order valence-corrected chi connectivity index (χ2v) is 10.9. The van der Waals surface area contributed by atoms with Crippen LogP contribution in [-0.2, 0) is 14.8 Å². The number of benzene rings is 1. The van der Waals surface area contributed by atoms with Crippen molar-refractivity contribution >= 4 is 32.7 Å². The van der Waals surface area contributed by atoms with E-state index < -0.39 is 27.9 Å². The van der Waals surface area contributed by atoms with Crippen molar-refractivity contribution in [2.45, 2.75) is 17.9 Å². The third kappa shape index (κ3) is 5.50. The van der Waals surface area contributed by atoms with Crippen LogP contribution >= 0.6 is 0 Å². The maximum absolute atomic E-state index is 13.2. The van der Waals surface area contributed by atoms with Gasteiger partial charge in [-0.2, -0.15) is 14.5 Å². The Hall–Kier alpha value is -3.35. The van der Waals surface area contributed by atoms with Gasteiger partial charge >= 0.3 is 0 Å². The monoisotopic (exact) mass is 499 g/mol. The first kappa shape index (κ1) is 24.8. The third-order valence-corrected chi connectivity index (χ3v) is 7.83. The van der Waals surface area contributed by atoms with Gasteiger partial charge in [-0.3, -0.25) is 9.59 Å². The highest BCUT2D eigenvalue weighted by molar-refractivity contribution is 7.89. The molecule has 0 aliphatic carbocycles. The van der Waals surface area contributed by atoms with Crippen LogP contribution in [0.15, 0.2) is 47.6 Å². The Bertz CT molecular complexity index is 1320. The number of rotatable bonds is 8. The van der Waals surface area contributed by atoms with E-state index in [1.807, 2.05) is 44.1 Å². The number of nitrogens with one attached hydrogen (secondary N) is 3. The molecule has 3 aromatic rings. The van der Waals surface area contributed by atoms with E-state index in [-0.39, 0.29) is 23.9 Å². The molecule has 3 N–H and O–H groups in total. The van der Waals surface area contributed by atoms with Crippen LogP contribution in [0, 0.1) is 12.8 Å². The van der Waals surface area contributed by atoms with Crippen LogP contribution in [0.3, 0.4) is 0 Å². The minimum Gasteiger partial charge on any atom is -0.354 e. The molecule has 1 aliphatic rings. The summed E-state index contributed by atoms with van der Waals surface area (Å²) in [5.74, 6) is -1.47. The molecule has 0 unspecified atom stereocenters. The van der Waals surface area contributed by atoms with Crippen molar-refractivity contribution in [2.75, 3.05) is 40.3 Å². The smallest absolute Gasteiger partial charge is 0.268 e. The first-order valence-electron chi connectivity index (χ1n) is 11.2. The predicted molar refractivity (Wildman–Crippen MR) is 130 cm³/mol. The SMILES string of the molecule is Cc1ccc2[nH]c(C(=O)N[C@H]3CN(S(=O)(=O)c4ccnnc4)C[C@@H]3C(=O)NCCN(C)C)cc2c1. The average molecular weight is 500 g/mol. The molecule has 0 radical (unpaired) electrons. The highest BCUT2D eigenvalue weighted by Crippen LogP contribution is 2.25. The Morgan fingerprint density at radius 1 is 1.17 bits per heavy atom. The van der Waals surface area contributed by atoms with E-state index in [2.05, 4.69) is 25.8 Å². The van der Waals surface area contributed by atoms with Crippen molar-refractivity contribution < 1.29 is 18.0 Å². The number of amides is 2. The first-order chi connectivity index (χ1) is 16.6. The lowest BCUT2D eigenvalue weighted by Crippen LogP contribution is -2.47. The number of hydrogen-bond acceptors (Lipinski definition) is 7. The summed E-state index contributed by atoms with van der Waals surface area (Å²) in [6.07, 6.45) is 2.46. The van der Waals surface area contributed by atoms with Crippen LogP contribution in [0.25, 0.3) is 10.9 Å². The van der Waals surface area contributed by atoms with Crippen LogP contribution in [0.4, 0.5) is 0 Å². The first-order valence-corrected chi connectivity index (χ1v) is 12.7. The Kier molecular flexibility index (Phi) is 7.15. The summed E-state index contributed by atoms with van der Waals surface area (Å²) in [6, 6.07) is 8.20. The lowest BCUT2D eigenvalue weighted by Gasteiger charge is -2.19. The summed E-state index contributed by atoms with van der Waals surface area (Å²) < 4.78 is 27.5. The van der Waals surface area contributed by atoms with Gasteiger partial charge in [0.1, 0.15) is 10.6 Å². The van der Waals surface area contributed by atoms with Crippen LogP contribution in [0.1, 0.15) is 16.1 Å². The van der Waals surface area contributed by atoms with Gasteiger partial charge in [0, 0.05) is 37.1 Å². The Morgan fingerprint density at radius 2 is 1.97 bits per heavy atom. The van der Waals surface area contributed by atoms with Gasteiger partial charge in [-0.05, 0) is 45.3 Å². The number of nitrogens with zero attached hydrogens (tertiary/aromatic N) is 4. The maximum atomic E-state index is 13.2. The highest BCUT2D eigenvalue weighted by atomic mass is 32.2. The van der Waals surface area contributed by atoms with E-state index in [4.69, 9.17) is 0 Å². The lowest BCUT2D eigenvalue weighted by molar-refractivity contribution is -0.125. The molecule has 0 bridgehead atoms. The van der Waals surface area contributed by atoms with Crippen molar-refractivity contribution in [3.05, 3.63) is 54.0 Å². The largest absolute Gasteiger partial charge is 0.354 e. The van der Waals surface area contributed by atoms with E-state index in [0.717, 1.165) is 16.5 Å². The quantitative estimate of drug-likeness (QED) is 0.407. The molecule has 0 spiro atoms. The zero-order chi connectivity index (χ0) is 25.2. The number of H-pyrrole nitrogens is 1. The summed E-state index contributed by atoms with van der Waals surface area (Å²) in [7, 11) is -0.129. The number of sulfonamides is 1. The molecule has 12 heteroatoms. The highest BCUT2D eigenvalue weighted by Gasteiger charge is 2.43. The minimum atomic E-state index is -3.91. The van der Waals surface area contributed by atoms with Gasteiger partial charge in [-0.15, -0.1) is 0 Å². The van der Waals surface area contributed by atoms with Crippen LogP contribution in [0.5, 0.6) is 0 Å². The summed E-state index contributed by atoms with van der Waals surface area (Å²) >= 11 is 0. The van der Waals surface area contributed by atoms with Gasteiger partial charge in [0.25, 0.3) is 5.91 Å². The molecule has 4 rings (SSSR count). The normalized spacial score (nSPS) is 18.7. The molecule has 1 fully saturated rings. The molecule has 186 valence electrons. The molecular weight excluding hydrogens is 470 g/mol. The molecule has 1 saturated heterocycles. The van der Waals surface area contributed by atoms with Crippen molar-refractivity contribution in [2.24, 2.45) is 5.92 Å². The number of hydrogen-bond donors (Lipinski definition) is 3. The molecular formula is C23H29N7O4S. The molecule has 1 aliphatic heterocycles. The summed E-state index contributed by atoms with van der Waals surface area (Å²) in [4.78, 5) is 31.1. The number of carbonyl (C=O) groups is 2. The number of aromatic nitrogens is 3. The van der Waals surface area contributed by atoms with Crippen LogP contribution < -0.4 is 10.6 Å². The van der Waals surface area contributed by atoms with Crippen molar-refractivity contribution in [1.82, 2.24) is 35.0 Å². The molecule has 35 heavy (non-hydrogen) atoms. The Morgan fingerprint density at radius 3 is 2.69 bits per heavy atom. The molecule has 2 aromatic heterocycles.